The molecule has 7 nitrogen and oxygen atoms in total. The average Bonchev–Trinajstić information content (AvgIpc) is 3.06. The van der Waals surface area contributed by atoms with Gasteiger partial charge in [0.05, 0.1) is 24.2 Å². The van der Waals surface area contributed by atoms with Crippen LogP contribution >= 0.6 is 0 Å². The van der Waals surface area contributed by atoms with Crippen LogP contribution in [0.15, 0.2) is 18.3 Å². The molecule has 0 aromatic carbocycles. The van der Waals surface area contributed by atoms with Gasteiger partial charge in [-0.05, 0) is 67.5 Å². The van der Waals surface area contributed by atoms with Crippen LogP contribution in [0.4, 0.5) is 4.79 Å². The highest BCUT2D eigenvalue weighted by Gasteiger charge is 2.55. The number of rotatable bonds is 5. The first-order chi connectivity index (χ1) is 12.8. The Morgan fingerprint density at radius 3 is 2.25 bits per heavy atom. The van der Waals surface area contributed by atoms with Gasteiger partial charge < -0.3 is 18.8 Å². The van der Waals surface area contributed by atoms with Gasteiger partial charge >= 0.3 is 19.2 Å². The average molecular weight is 393 g/mol. The van der Waals surface area contributed by atoms with Gasteiger partial charge in [-0.2, -0.15) is 0 Å². The number of ether oxygens (including phenoxy) is 2. The van der Waals surface area contributed by atoms with Crippen molar-refractivity contribution in [1.29, 1.82) is 0 Å². The summed E-state index contributed by atoms with van der Waals surface area (Å²) in [4.78, 5) is 24.9. The van der Waals surface area contributed by atoms with E-state index in [9.17, 15) is 9.59 Å². The number of hydrogen-bond donors (Lipinski definition) is 0. The van der Waals surface area contributed by atoms with E-state index in [0.29, 0.717) is 5.69 Å². The molecule has 0 spiro atoms. The summed E-state index contributed by atoms with van der Waals surface area (Å²) in [6.07, 6.45) is 1.13. The minimum Gasteiger partial charge on any atom is -0.466 e. The van der Waals surface area contributed by atoms with E-state index in [0.717, 1.165) is 0 Å². The Hall–Kier alpha value is -1.80. The molecule has 1 aromatic heterocycles. The molecule has 1 saturated heterocycles. The van der Waals surface area contributed by atoms with Gasteiger partial charge in [-0.25, -0.2) is 4.79 Å². The quantitative estimate of drug-likeness (QED) is 0.557. The normalized spacial score (nSPS) is 19.4. The van der Waals surface area contributed by atoms with Crippen molar-refractivity contribution in [3.05, 3.63) is 24.0 Å². The molecule has 0 saturated carbocycles. The molecular weight excluding hydrogens is 361 g/mol. The summed E-state index contributed by atoms with van der Waals surface area (Å²) in [5.74, 6) is -0.901. The van der Waals surface area contributed by atoms with Gasteiger partial charge in [0, 0.05) is 17.7 Å². The van der Waals surface area contributed by atoms with Gasteiger partial charge in [0.25, 0.3) is 0 Å². The summed E-state index contributed by atoms with van der Waals surface area (Å²) < 4.78 is 24.4. The highest BCUT2D eigenvalue weighted by atomic mass is 16.7. The second-order valence-corrected chi connectivity index (χ2v) is 9.02. The van der Waals surface area contributed by atoms with Crippen molar-refractivity contribution < 1.29 is 28.4 Å². The first kappa shape index (κ1) is 22.5. The third-order valence-electron chi connectivity index (χ3n) is 5.04. The Labute approximate surface area is 167 Å². The Kier molecular flexibility index (Phi) is 6.36. The lowest BCUT2D eigenvalue weighted by atomic mass is 9.68. The lowest BCUT2D eigenvalue weighted by Gasteiger charge is -2.32. The summed E-state index contributed by atoms with van der Waals surface area (Å²) in [5, 5.41) is 0. The van der Waals surface area contributed by atoms with Crippen LogP contribution in [0.3, 0.4) is 0 Å². The molecule has 2 rings (SSSR count). The molecule has 0 aliphatic carbocycles. The Morgan fingerprint density at radius 2 is 1.75 bits per heavy atom. The zero-order valence-corrected chi connectivity index (χ0v) is 18.2. The SMILES string of the molecule is CCOC(=O)CC(B1OC(C)(C)C(C)(C)O1)c1cccn1C(=O)OC(C)(C)C. The molecule has 1 aromatic rings. The third kappa shape index (κ3) is 4.97. The lowest BCUT2D eigenvalue weighted by molar-refractivity contribution is -0.143. The third-order valence-corrected chi connectivity index (χ3v) is 5.04. The molecule has 1 aliphatic rings. The predicted octanol–water partition coefficient (Wildman–Crippen LogP) is 3.94. The van der Waals surface area contributed by atoms with Crippen LogP contribution in [0.25, 0.3) is 0 Å². The van der Waals surface area contributed by atoms with Crippen LogP contribution in [-0.4, -0.2) is 47.2 Å². The van der Waals surface area contributed by atoms with Gasteiger partial charge in [0.15, 0.2) is 0 Å². The predicted molar refractivity (Wildman–Crippen MR) is 106 cm³/mol. The topological polar surface area (TPSA) is 76.0 Å². The maximum atomic E-state index is 12.7. The number of carbonyl (C=O) groups excluding carboxylic acids is 2. The maximum absolute atomic E-state index is 12.7. The highest BCUT2D eigenvalue weighted by Crippen LogP contribution is 2.42. The Morgan fingerprint density at radius 1 is 1.18 bits per heavy atom. The fraction of sp³-hybridized carbons (Fsp3) is 0.700. The van der Waals surface area contributed by atoms with Crippen LogP contribution < -0.4 is 0 Å². The largest absolute Gasteiger partial charge is 0.467 e. The minimum atomic E-state index is -0.703. The van der Waals surface area contributed by atoms with E-state index >= 15 is 0 Å². The Bertz CT molecular complexity index is 703. The summed E-state index contributed by atoms with van der Waals surface area (Å²) in [5.41, 5.74) is -1.18. The zero-order valence-electron chi connectivity index (χ0n) is 18.2. The maximum Gasteiger partial charge on any atom is 0.467 e. The first-order valence-corrected chi connectivity index (χ1v) is 9.69. The lowest BCUT2D eigenvalue weighted by Crippen LogP contribution is -2.41. The van der Waals surface area contributed by atoms with Crippen molar-refractivity contribution >= 4 is 19.2 Å². The van der Waals surface area contributed by atoms with Gasteiger partial charge in [-0.1, -0.05) is 0 Å². The molecule has 0 radical (unpaired) electrons. The van der Waals surface area contributed by atoms with Gasteiger partial charge in [-0.3, -0.25) is 9.36 Å². The number of aromatic nitrogens is 1. The van der Waals surface area contributed by atoms with E-state index in [2.05, 4.69) is 0 Å². The van der Waals surface area contributed by atoms with Gasteiger partial charge in [0.2, 0.25) is 0 Å². The van der Waals surface area contributed by atoms with E-state index in [-0.39, 0.29) is 19.0 Å². The van der Waals surface area contributed by atoms with Crippen LogP contribution in [0.1, 0.15) is 73.3 Å². The van der Waals surface area contributed by atoms with Crippen LogP contribution in [0, 0.1) is 0 Å². The van der Waals surface area contributed by atoms with Crippen molar-refractivity contribution in [2.45, 2.75) is 84.4 Å². The number of carbonyl (C=O) groups is 2. The Balaban J connectivity index is 2.38. The summed E-state index contributed by atoms with van der Waals surface area (Å²) >= 11 is 0. The summed E-state index contributed by atoms with van der Waals surface area (Å²) in [7, 11) is -0.703. The van der Waals surface area contributed by atoms with E-state index < -0.39 is 35.8 Å². The van der Waals surface area contributed by atoms with E-state index in [1.807, 2.05) is 27.7 Å². The number of esters is 1. The van der Waals surface area contributed by atoms with Crippen LogP contribution in [0.5, 0.6) is 0 Å². The zero-order chi connectivity index (χ0) is 21.3. The van der Waals surface area contributed by atoms with E-state index in [1.165, 1.54) is 4.57 Å². The number of hydrogen-bond acceptors (Lipinski definition) is 6. The summed E-state index contributed by atoms with van der Waals surface area (Å²) in [6, 6.07) is 3.52. The van der Waals surface area contributed by atoms with Gasteiger partial charge in [-0.15, -0.1) is 0 Å². The molecular formula is C20H32BNO6. The first-order valence-electron chi connectivity index (χ1n) is 9.69. The second-order valence-electron chi connectivity index (χ2n) is 9.02. The van der Waals surface area contributed by atoms with Crippen molar-refractivity contribution in [3.63, 3.8) is 0 Å². The van der Waals surface area contributed by atoms with Crippen molar-refractivity contribution in [3.8, 4) is 0 Å². The fourth-order valence-corrected chi connectivity index (χ4v) is 2.97. The molecule has 0 N–H and O–H groups in total. The molecule has 1 unspecified atom stereocenters. The summed E-state index contributed by atoms with van der Waals surface area (Å²) in [6.45, 7) is 15.2. The van der Waals surface area contributed by atoms with Crippen molar-refractivity contribution in [2.24, 2.45) is 0 Å². The van der Waals surface area contributed by atoms with E-state index in [1.54, 1.807) is 46.0 Å². The molecule has 156 valence electrons. The molecule has 1 fully saturated rings. The fourth-order valence-electron chi connectivity index (χ4n) is 2.97. The van der Waals surface area contributed by atoms with Crippen molar-refractivity contribution in [1.82, 2.24) is 4.57 Å². The standard InChI is InChI=1S/C20H32BNO6/c1-9-25-16(23)13-14(21-27-19(5,6)20(7,8)28-21)15-11-10-12-22(15)17(24)26-18(2,3)4/h10-12,14H,9,13H2,1-8H3. The van der Waals surface area contributed by atoms with Crippen LogP contribution in [0.2, 0.25) is 0 Å². The number of nitrogens with zero attached hydrogens (tertiary/aromatic N) is 1. The molecule has 1 atom stereocenters. The molecule has 0 amide bonds. The minimum absolute atomic E-state index is 0.0253. The van der Waals surface area contributed by atoms with Crippen molar-refractivity contribution in [2.75, 3.05) is 6.61 Å². The molecule has 28 heavy (non-hydrogen) atoms. The van der Waals surface area contributed by atoms with E-state index in [4.69, 9.17) is 18.8 Å². The highest BCUT2D eigenvalue weighted by molar-refractivity contribution is 6.48. The molecule has 0 bridgehead atoms. The molecule has 8 heteroatoms. The van der Waals surface area contributed by atoms with Crippen LogP contribution in [-0.2, 0) is 23.6 Å². The smallest absolute Gasteiger partial charge is 0.466 e. The second kappa shape index (κ2) is 7.91. The monoisotopic (exact) mass is 393 g/mol. The molecule has 2 heterocycles. The van der Waals surface area contributed by atoms with Gasteiger partial charge in [0.1, 0.15) is 5.60 Å². The molecule has 1 aliphatic heterocycles.